The third-order valence-electron chi connectivity index (χ3n) is 5.08. The van der Waals surface area contributed by atoms with Crippen LogP contribution in [0.4, 0.5) is 5.69 Å². The highest BCUT2D eigenvalue weighted by molar-refractivity contribution is 5.94. The number of hydrogen-bond acceptors (Lipinski definition) is 3. The molecular weight excluding hydrogens is 326 g/mol. The number of carbonyl (C=O) groups is 2. The maximum absolute atomic E-state index is 12.2. The number of rotatable bonds is 3. The van der Waals surface area contributed by atoms with E-state index in [0.717, 1.165) is 56.6 Å². The highest BCUT2D eigenvalue weighted by atomic mass is 16.2. The van der Waals surface area contributed by atoms with E-state index in [-0.39, 0.29) is 17.7 Å². The van der Waals surface area contributed by atoms with E-state index in [2.05, 4.69) is 29.1 Å². The molecule has 2 amide bonds. The molecule has 0 spiro atoms. The SMILES string of the molecule is CN1CCCC(C(=O)NCC#Cc2ccc(N3CCCCC3=O)cc2)C1. The zero-order chi connectivity index (χ0) is 18.4. The Morgan fingerprint density at radius 1 is 1.19 bits per heavy atom. The first-order valence-corrected chi connectivity index (χ1v) is 9.49. The third-order valence-corrected chi connectivity index (χ3v) is 5.08. The number of hydrogen-bond donors (Lipinski definition) is 1. The van der Waals surface area contributed by atoms with Crippen molar-refractivity contribution < 1.29 is 9.59 Å². The fourth-order valence-electron chi connectivity index (χ4n) is 3.61. The molecule has 2 aliphatic heterocycles. The number of nitrogens with one attached hydrogen (secondary N) is 1. The molecule has 2 aliphatic rings. The molecule has 26 heavy (non-hydrogen) atoms. The standard InChI is InChI=1S/C21H27N3O2/c1-23-14-5-7-18(16-23)21(26)22-13-4-6-17-9-11-19(12-10-17)24-15-3-2-8-20(24)25/h9-12,18H,2-3,5,7-8,13-16H2,1H3,(H,22,26). The monoisotopic (exact) mass is 353 g/mol. The Labute approximate surface area is 155 Å². The summed E-state index contributed by atoms with van der Waals surface area (Å²) in [4.78, 5) is 28.2. The molecule has 0 radical (unpaired) electrons. The summed E-state index contributed by atoms with van der Waals surface area (Å²) in [5.74, 6) is 6.47. The minimum absolute atomic E-state index is 0.0805. The van der Waals surface area contributed by atoms with Crippen molar-refractivity contribution in [2.24, 2.45) is 5.92 Å². The van der Waals surface area contributed by atoms with E-state index in [4.69, 9.17) is 0 Å². The Morgan fingerprint density at radius 2 is 2.00 bits per heavy atom. The molecule has 5 heteroatoms. The van der Waals surface area contributed by atoms with Crippen LogP contribution in [0.1, 0.15) is 37.7 Å². The number of piperidine rings is 2. The molecule has 0 aromatic heterocycles. The fourth-order valence-corrected chi connectivity index (χ4v) is 3.61. The summed E-state index contributed by atoms with van der Waals surface area (Å²) in [7, 11) is 2.06. The maximum Gasteiger partial charge on any atom is 0.226 e. The molecule has 1 N–H and O–H groups in total. The van der Waals surface area contributed by atoms with Gasteiger partial charge < -0.3 is 15.1 Å². The van der Waals surface area contributed by atoms with Gasteiger partial charge in [-0.25, -0.2) is 0 Å². The van der Waals surface area contributed by atoms with E-state index in [0.29, 0.717) is 13.0 Å². The van der Waals surface area contributed by atoms with Crippen LogP contribution in [0.25, 0.3) is 0 Å². The molecular formula is C21H27N3O2. The van der Waals surface area contributed by atoms with Crippen molar-refractivity contribution >= 4 is 17.5 Å². The number of likely N-dealkylation sites (tertiary alicyclic amines) is 1. The van der Waals surface area contributed by atoms with E-state index < -0.39 is 0 Å². The minimum Gasteiger partial charge on any atom is -0.345 e. The molecule has 2 saturated heterocycles. The summed E-state index contributed by atoms with van der Waals surface area (Å²) >= 11 is 0. The number of benzene rings is 1. The minimum atomic E-state index is 0.0805. The lowest BCUT2D eigenvalue weighted by atomic mass is 9.98. The van der Waals surface area contributed by atoms with E-state index in [1.165, 1.54) is 0 Å². The first-order valence-electron chi connectivity index (χ1n) is 9.49. The van der Waals surface area contributed by atoms with Crippen LogP contribution < -0.4 is 10.2 Å². The molecule has 0 saturated carbocycles. The molecule has 0 aliphatic carbocycles. The average Bonchev–Trinajstić information content (AvgIpc) is 2.66. The lowest BCUT2D eigenvalue weighted by Crippen LogP contribution is -2.41. The summed E-state index contributed by atoms with van der Waals surface area (Å²) in [5.41, 5.74) is 1.83. The predicted molar refractivity (Wildman–Crippen MR) is 103 cm³/mol. The third kappa shape index (κ3) is 4.86. The first-order chi connectivity index (χ1) is 12.6. The molecule has 138 valence electrons. The molecule has 5 nitrogen and oxygen atoms in total. The van der Waals surface area contributed by atoms with Gasteiger partial charge in [-0.1, -0.05) is 11.8 Å². The molecule has 1 atom stereocenters. The summed E-state index contributed by atoms with van der Waals surface area (Å²) in [6.45, 7) is 3.07. The fraction of sp³-hybridized carbons (Fsp3) is 0.524. The van der Waals surface area contributed by atoms with Gasteiger partial charge in [0.1, 0.15) is 0 Å². The lowest BCUT2D eigenvalue weighted by Gasteiger charge is -2.28. The predicted octanol–water partition coefficient (Wildman–Crippen LogP) is 2.01. The van der Waals surface area contributed by atoms with Crippen molar-refractivity contribution in [2.45, 2.75) is 32.1 Å². The van der Waals surface area contributed by atoms with Crippen LogP contribution in [0.15, 0.2) is 24.3 Å². The molecule has 0 bridgehead atoms. The van der Waals surface area contributed by atoms with Crippen LogP contribution in [-0.4, -0.2) is 49.9 Å². The quantitative estimate of drug-likeness (QED) is 0.846. The van der Waals surface area contributed by atoms with Gasteiger partial charge in [-0.2, -0.15) is 0 Å². The van der Waals surface area contributed by atoms with Crippen molar-refractivity contribution in [3.8, 4) is 11.8 Å². The van der Waals surface area contributed by atoms with E-state index in [9.17, 15) is 9.59 Å². The van der Waals surface area contributed by atoms with Crippen molar-refractivity contribution in [1.82, 2.24) is 10.2 Å². The summed E-state index contributed by atoms with van der Waals surface area (Å²) in [6.07, 6.45) is 4.72. The number of anilines is 1. The lowest BCUT2D eigenvalue weighted by molar-refractivity contribution is -0.126. The maximum atomic E-state index is 12.2. The van der Waals surface area contributed by atoms with Crippen LogP contribution in [0.3, 0.4) is 0 Å². The van der Waals surface area contributed by atoms with Crippen molar-refractivity contribution in [2.75, 3.05) is 38.1 Å². The Balaban J connectivity index is 1.49. The van der Waals surface area contributed by atoms with Gasteiger partial charge in [-0.3, -0.25) is 9.59 Å². The zero-order valence-corrected chi connectivity index (χ0v) is 15.5. The molecule has 3 rings (SSSR count). The molecule has 2 fully saturated rings. The van der Waals surface area contributed by atoms with E-state index >= 15 is 0 Å². The van der Waals surface area contributed by atoms with Crippen molar-refractivity contribution in [3.63, 3.8) is 0 Å². The smallest absolute Gasteiger partial charge is 0.226 e. The molecule has 1 unspecified atom stereocenters. The first kappa shape index (κ1) is 18.5. The van der Waals surface area contributed by atoms with Crippen LogP contribution in [0.5, 0.6) is 0 Å². The Hall–Kier alpha value is -2.32. The summed E-state index contributed by atoms with van der Waals surface area (Å²) in [6, 6.07) is 7.76. The van der Waals surface area contributed by atoms with Gasteiger partial charge in [0.15, 0.2) is 0 Å². The Morgan fingerprint density at radius 3 is 2.73 bits per heavy atom. The normalized spacial score (nSPS) is 21.0. The van der Waals surface area contributed by atoms with Gasteiger partial charge in [0.2, 0.25) is 11.8 Å². The van der Waals surface area contributed by atoms with Gasteiger partial charge in [-0.05, 0) is 63.5 Å². The van der Waals surface area contributed by atoms with Crippen LogP contribution in [0.2, 0.25) is 0 Å². The number of nitrogens with zero attached hydrogens (tertiary/aromatic N) is 2. The molecule has 1 aromatic carbocycles. The Bertz CT molecular complexity index is 702. The van der Waals surface area contributed by atoms with E-state index in [1.54, 1.807) is 0 Å². The largest absolute Gasteiger partial charge is 0.345 e. The van der Waals surface area contributed by atoms with Crippen LogP contribution >= 0.6 is 0 Å². The number of carbonyl (C=O) groups excluding carboxylic acids is 2. The van der Waals surface area contributed by atoms with Crippen molar-refractivity contribution in [3.05, 3.63) is 29.8 Å². The highest BCUT2D eigenvalue weighted by Crippen LogP contribution is 2.21. The van der Waals surface area contributed by atoms with Crippen LogP contribution in [0, 0.1) is 17.8 Å². The topological polar surface area (TPSA) is 52.7 Å². The average molecular weight is 353 g/mol. The van der Waals surface area contributed by atoms with Crippen molar-refractivity contribution in [1.29, 1.82) is 0 Å². The second kappa shape index (κ2) is 8.86. The second-order valence-corrected chi connectivity index (χ2v) is 7.17. The van der Waals surface area contributed by atoms with E-state index in [1.807, 2.05) is 29.2 Å². The molecule has 2 heterocycles. The zero-order valence-electron chi connectivity index (χ0n) is 15.5. The van der Waals surface area contributed by atoms with Crippen LogP contribution in [-0.2, 0) is 9.59 Å². The summed E-state index contributed by atoms with van der Waals surface area (Å²) < 4.78 is 0. The number of amides is 2. The van der Waals surface area contributed by atoms with Gasteiger partial charge in [0, 0.05) is 30.8 Å². The van der Waals surface area contributed by atoms with Gasteiger partial charge in [0.25, 0.3) is 0 Å². The molecule has 1 aromatic rings. The highest BCUT2D eigenvalue weighted by Gasteiger charge is 2.23. The summed E-state index contributed by atoms with van der Waals surface area (Å²) in [5, 5.41) is 2.92. The van der Waals surface area contributed by atoms with Gasteiger partial charge in [0.05, 0.1) is 12.5 Å². The van der Waals surface area contributed by atoms with Gasteiger partial charge >= 0.3 is 0 Å². The Kier molecular flexibility index (Phi) is 6.30. The van der Waals surface area contributed by atoms with Gasteiger partial charge in [-0.15, -0.1) is 0 Å². The second-order valence-electron chi connectivity index (χ2n) is 7.17.